The van der Waals surface area contributed by atoms with Gasteiger partial charge >= 0.3 is 0 Å². The van der Waals surface area contributed by atoms with Gasteiger partial charge in [-0.2, -0.15) is 0 Å². The van der Waals surface area contributed by atoms with Gasteiger partial charge in [0.15, 0.2) is 0 Å². The van der Waals surface area contributed by atoms with Crippen molar-refractivity contribution >= 4 is 5.71 Å². The standard InChI is InChI=1S/C13H25NO/c1-3-5-6-7-8-9-10-13-11-12(4-2)14-15-13/h13H,3-11H2,1-2H3. The molecular formula is C13H25NO. The average molecular weight is 211 g/mol. The topological polar surface area (TPSA) is 21.6 Å². The zero-order valence-corrected chi connectivity index (χ0v) is 10.3. The van der Waals surface area contributed by atoms with Gasteiger partial charge in [0.05, 0.1) is 5.71 Å². The van der Waals surface area contributed by atoms with Gasteiger partial charge in [-0.25, -0.2) is 0 Å². The molecule has 0 aromatic rings. The number of oxime groups is 1. The van der Waals surface area contributed by atoms with Gasteiger partial charge in [-0.05, 0) is 19.3 Å². The van der Waals surface area contributed by atoms with E-state index in [1.54, 1.807) is 0 Å². The third kappa shape index (κ3) is 5.19. The summed E-state index contributed by atoms with van der Waals surface area (Å²) in [6.07, 6.45) is 11.9. The fourth-order valence-electron chi connectivity index (χ4n) is 2.00. The van der Waals surface area contributed by atoms with Gasteiger partial charge in [0, 0.05) is 6.42 Å². The third-order valence-corrected chi connectivity index (χ3v) is 3.08. The van der Waals surface area contributed by atoms with E-state index in [1.807, 2.05) is 0 Å². The van der Waals surface area contributed by atoms with Crippen LogP contribution in [0.1, 0.15) is 71.6 Å². The molecule has 0 fully saturated rings. The summed E-state index contributed by atoms with van der Waals surface area (Å²) >= 11 is 0. The van der Waals surface area contributed by atoms with Gasteiger partial charge in [-0.1, -0.05) is 51.1 Å². The second-order valence-electron chi connectivity index (χ2n) is 4.50. The Bertz CT molecular complexity index is 189. The predicted octanol–water partition coefficient (Wildman–Crippen LogP) is 4.29. The maximum atomic E-state index is 5.37. The molecule has 0 N–H and O–H groups in total. The van der Waals surface area contributed by atoms with E-state index in [-0.39, 0.29) is 0 Å². The zero-order chi connectivity index (χ0) is 10.9. The smallest absolute Gasteiger partial charge is 0.132 e. The summed E-state index contributed by atoms with van der Waals surface area (Å²) in [4.78, 5) is 5.37. The maximum absolute atomic E-state index is 5.37. The molecule has 0 aromatic carbocycles. The van der Waals surface area contributed by atoms with Crippen molar-refractivity contribution in [3.63, 3.8) is 0 Å². The lowest BCUT2D eigenvalue weighted by atomic mass is 10.0. The molecule has 0 saturated carbocycles. The highest BCUT2D eigenvalue weighted by atomic mass is 16.6. The number of rotatable bonds is 8. The molecule has 2 nitrogen and oxygen atoms in total. The van der Waals surface area contributed by atoms with Crippen LogP contribution in [0.25, 0.3) is 0 Å². The largest absolute Gasteiger partial charge is 0.392 e. The highest BCUT2D eigenvalue weighted by molar-refractivity contribution is 5.85. The molecule has 15 heavy (non-hydrogen) atoms. The van der Waals surface area contributed by atoms with Crippen molar-refractivity contribution in [2.45, 2.75) is 77.7 Å². The fraction of sp³-hybridized carbons (Fsp3) is 0.923. The van der Waals surface area contributed by atoms with Crippen molar-refractivity contribution in [3.05, 3.63) is 0 Å². The molecule has 0 aliphatic carbocycles. The van der Waals surface area contributed by atoms with Crippen LogP contribution < -0.4 is 0 Å². The minimum Gasteiger partial charge on any atom is -0.392 e. The highest BCUT2D eigenvalue weighted by Gasteiger charge is 2.18. The molecule has 0 radical (unpaired) electrons. The Labute approximate surface area is 94.1 Å². The van der Waals surface area contributed by atoms with E-state index in [2.05, 4.69) is 19.0 Å². The molecule has 1 unspecified atom stereocenters. The molecule has 88 valence electrons. The van der Waals surface area contributed by atoms with Gasteiger partial charge in [0.25, 0.3) is 0 Å². The molecule has 1 aliphatic heterocycles. The SMILES string of the molecule is CCCCCCCCC1CC(CC)=NO1. The molecule has 2 heteroatoms. The molecule has 0 saturated heterocycles. The van der Waals surface area contributed by atoms with Crippen LogP contribution in [-0.4, -0.2) is 11.8 Å². The second-order valence-corrected chi connectivity index (χ2v) is 4.50. The predicted molar refractivity (Wildman–Crippen MR) is 65.2 cm³/mol. The van der Waals surface area contributed by atoms with Crippen molar-refractivity contribution in [1.29, 1.82) is 0 Å². The first-order valence-corrected chi connectivity index (χ1v) is 6.58. The summed E-state index contributed by atoms with van der Waals surface area (Å²) in [6, 6.07) is 0. The van der Waals surface area contributed by atoms with E-state index < -0.39 is 0 Å². The van der Waals surface area contributed by atoms with Crippen LogP contribution in [0, 0.1) is 0 Å². The van der Waals surface area contributed by atoms with Crippen LogP contribution in [0.15, 0.2) is 5.16 Å². The molecule has 1 rings (SSSR count). The number of hydrogen-bond acceptors (Lipinski definition) is 2. The lowest BCUT2D eigenvalue weighted by Gasteiger charge is -2.07. The average Bonchev–Trinajstić information content (AvgIpc) is 2.71. The molecular weight excluding hydrogens is 186 g/mol. The Kier molecular flexibility index (Phi) is 6.45. The molecule has 0 bridgehead atoms. The van der Waals surface area contributed by atoms with Crippen LogP contribution in [-0.2, 0) is 4.84 Å². The molecule has 0 aromatic heterocycles. The summed E-state index contributed by atoms with van der Waals surface area (Å²) < 4.78 is 0. The first-order chi connectivity index (χ1) is 7.36. The highest BCUT2D eigenvalue weighted by Crippen LogP contribution is 2.18. The maximum Gasteiger partial charge on any atom is 0.132 e. The van der Waals surface area contributed by atoms with E-state index in [9.17, 15) is 0 Å². The fourth-order valence-corrected chi connectivity index (χ4v) is 2.00. The van der Waals surface area contributed by atoms with E-state index in [0.29, 0.717) is 6.10 Å². The lowest BCUT2D eigenvalue weighted by molar-refractivity contribution is 0.0770. The van der Waals surface area contributed by atoms with Crippen LogP contribution in [0.3, 0.4) is 0 Å². The zero-order valence-electron chi connectivity index (χ0n) is 10.3. The van der Waals surface area contributed by atoms with E-state index in [0.717, 1.165) is 12.8 Å². The summed E-state index contributed by atoms with van der Waals surface area (Å²) in [7, 11) is 0. The molecule has 1 aliphatic rings. The first-order valence-electron chi connectivity index (χ1n) is 6.58. The molecule has 0 amide bonds. The Balaban J connectivity index is 1.89. The number of hydrogen-bond donors (Lipinski definition) is 0. The van der Waals surface area contributed by atoms with Crippen molar-refractivity contribution in [2.75, 3.05) is 0 Å². The summed E-state index contributed by atoms with van der Waals surface area (Å²) in [5.74, 6) is 0. The minimum atomic E-state index is 0.395. The molecule has 0 spiro atoms. The first kappa shape index (κ1) is 12.5. The van der Waals surface area contributed by atoms with Crippen LogP contribution >= 0.6 is 0 Å². The third-order valence-electron chi connectivity index (χ3n) is 3.08. The van der Waals surface area contributed by atoms with Crippen molar-refractivity contribution in [1.82, 2.24) is 0 Å². The minimum absolute atomic E-state index is 0.395. The van der Waals surface area contributed by atoms with Crippen molar-refractivity contribution < 1.29 is 4.84 Å². The van der Waals surface area contributed by atoms with E-state index >= 15 is 0 Å². The lowest BCUT2D eigenvalue weighted by Crippen LogP contribution is -2.07. The van der Waals surface area contributed by atoms with Gasteiger partial charge < -0.3 is 4.84 Å². The summed E-state index contributed by atoms with van der Waals surface area (Å²) in [6.45, 7) is 4.41. The van der Waals surface area contributed by atoms with Crippen molar-refractivity contribution in [3.8, 4) is 0 Å². The second kappa shape index (κ2) is 7.72. The van der Waals surface area contributed by atoms with Crippen molar-refractivity contribution in [2.24, 2.45) is 5.16 Å². The normalized spacial score (nSPS) is 20.1. The Hall–Kier alpha value is -0.530. The Morgan fingerprint density at radius 3 is 2.53 bits per heavy atom. The van der Waals surface area contributed by atoms with E-state index in [1.165, 1.54) is 50.7 Å². The Morgan fingerprint density at radius 1 is 1.13 bits per heavy atom. The van der Waals surface area contributed by atoms with Gasteiger partial charge in [-0.15, -0.1) is 0 Å². The number of nitrogens with zero attached hydrogens (tertiary/aromatic N) is 1. The molecule has 1 heterocycles. The quantitative estimate of drug-likeness (QED) is 0.549. The van der Waals surface area contributed by atoms with Crippen LogP contribution in [0.4, 0.5) is 0 Å². The van der Waals surface area contributed by atoms with Gasteiger partial charge in [0.1, 0.15) is 6.10 Å². The van der Waals surface area contributed by atoms with E-state index in [4.69, 9.17) is 4.84 Å². The van der Waals surface area contributed by atoms with Crippen LogP contribution in [0.5, 0.6) is 0 Å². The Morgan fingerprint density at radius 2 is 1.87 bits per heavy atom. The summed E-state index contributed by atoms with van der Waals surface area (Å²) in [5.41, 5.74) is 1.24. The van der Waals surface area contributed by atoms with Gasteiger partial charge in [0.2, 0.25) is 0 Å². The number of unbranched alkanes of at least 4 members (excludes halogenated alkanes) is 5. The van der Waals surface area contributed by atoms with Gasteiger partial charge in [-0.3, -0.25) is 0 Å². The van der Waals surface area contributed by atoms with Crippen LogP contribution in [0.2, 0.25) is 0 Å². The summed E-state index contributed by atoms with van der Waals surface area (Å²) in [5, 5.41) is 4.08. The molecule has 1 atom stereocenters. The monoisotopic (exact) mass is 211 g/mol.